The van der Waals surface area contributed by atoms with Crippen LogP contribution in [0.15, 0.2) is 42.6 Å². The van der Waals surface area contributed by atoms with Gasteiger partial charge in [-0.05, 0) is 43.7 Å². The minimum Gasteiger partial charge on any atom is -0.508 e. The van der Waals surface area contributed by atoms with Crippen molar-refractivity contribution < 1.29 is 5.11 Å². The third-order valence-electron chi connectivity index (χ3n) is 3.90. The zero-order valence-electron chi connectivity index (χ0n) is 11.5. The summed E-state index contributed by atoms with van der Waals surface area (Å²) in [7, 11) is 0. The summed E-state index contributed by atoms with van der Waals surface area (Å²) in [4.78, 5) is 9.21. The van der Waals surface area contributed by atoms with Crippen LogP contribution in [0.2, 0.25) is 0 Å². The van der Waals surface area contributed by atoms with Gasteiger partial charge in [-0.15, -0.1) is 0 Å². The molecule has 0 saturated carbocycles. The van der Waals surface area contributed by atoms with Crippen LogP contribution in [-0.4, -0.2) is 26.2 Å². The van der Waals surface area contributed by atoms with E-state index >= 15 is 0 Å². The molecular formula is C16H16N4O. The number of hydrogen-bond donors (Lipinski definition) is 2. The lowest BCUT2D eigenvalue weighted by molar-refractivity contribution is 0.473. The van der Waals surface area contributed by atoms with Gasteiger partial charge in [0.25, 0.3) is 0 Å². The molecule has 0 spiro atoms. The molecule has 106 valence electrons. The van der Waals surface area contributed by atoms with E-state index in [0.29, 0.717) is 0 Å². The Morgan fingerprint density at radius 3 is 3.00 bits per heavy atom. The summed E-state index contributed by atoms with van der Waals surface area (Å²) in [6.07, 6.45) is 4.22. The number of aromatic nitrogens is 3. The van der Waals surface area contributed by atoms with E-state index in [1.54, 1.807) is 18.3 Å². The monoisotopic (exact) mass is 280 g/mol. The standard InChI is InChI=1S/C16H16N4O/c21-12-5-1-4-11(10-12)15-19-13-6-2-9-18-16(13)20(15)14-7-3-8-17-14/h1-2,4-6,9-10,14,17,21H,3,7-8H2. The molecule has 1 atom stereocenters. The average molecular weight is 280 g/mol. The minimum absolute atomic E-state index is 0.210. The molecule has 1 saturated heterocycles. The molecule has 3 heterocycles. The molecule has 0 bridgehead atoms. The van der Waals surface area contributed by atoms with Crippen molar-refractivity contribution in [1.29, 1.82) is 0 Å². The molecule has 0 amide bonds. The summed E-state index contributed by atoms with van der Waals surface area (Å²) in [5.74, 6) is 1.09. The number of hydrogen-bond acceptors (Lipinski definition) is 4. The van der Waals surface area contributed by atoms with E-state index in [2.05, 4.69) is 14.9 Å². The van der Waals surface area contributed by atoms with Crippen LogP contribution in [0.25, 0.3) is 22.6 Å². The third kappa shape index (κ3) is 2.06. The summed E-state index contributed by atoms with van der Waals surface area (Å²) in [5.41, 5.74) is 2.67. The predicted octanol–water partition coefficient (Wildman–Crippen LogP) is 2.69. The number of imidazole rings is 1. The van der Waals surface area contributed by atoms with Gasteiger partial charge in [0, 0.05) is 11.8 Å². The molecule has 1 unspecified atom stereocenters. The van der Waals surface area contributed by atoms with Crippen molar-refractivity contribution in [3.63, 3.8) is 0 Å². The largest absolute Gasteiger partial charge is 0.508 e. The topological polar surface area (TPSA) is 63.0 Å². The van der Waals surface area contributed by atoms with Crippen molar-refractivity contribution in [2.24, 2.45) is 0 Å². The molecule has 0 aliphatic carbocycles. The molecule has 3 aromatic rings. The van der Waals surface area contributed by atoms with Gasteiger partial charge >= 0.3 is 0 Å². The van der Waals surface area contributed by atoms with E-state index in [1.165, 1.54) is 0 Å². The Labute approximate surface area is 122 Å². The number of nitrogens with zero attached hydrogens (tertiary/aromatic N) is 3. The maximum Gasteiger partial charge on any atom is 0.161 e. The predicted molar refractivity (Wildman–Crippen MR) is 80.9 cm³/mol. The number of pyridine rings is 1. The lowest BCUT2D eigenvalue weighted by Crippen LogP contribution is -2.21. The molecule has 0 radical (unpaired) electrons. The highest BCUT2D eigenvalue weighted by atomic mass is 16.3. The van der Waals surface area contributed by atoms with E-state index in [1.807, 2.05) is 24.3 Å². The van der Waals surface area contributed by atoms with Crippen molar-refractivity contribution >= 4 is 11.2 Å². The highest BCUT2D eigenvalue weighted by Crippen LogP contribution is 2.31. The Bertz CT molecular complexity index is 790. The SMILES string of the molecule is Oc1cccc(-c2nc3cccnc3n2C2CCCN2)c1. The van der Waals surface area contributed by atoms with Gasteiger partial charge in [-0.3, -0.25) is 9.88 Å². The van der Waals surface area contributed by atoms with Gasteiger partial charge in [-0.1, -0.05) is 12.1 Å². The zero-order chi connectivity index (χ0) is 14.2. The van der Waals surface area contributed by atoms with Gasteiger partial charge in [-0.25, -0.2) is 9.97 Å². The number of rotatable bonds is 2. The van der Waals surface area contributed by atoms with E-state index in [0.717, 1.165) is 41.9 Å². The number of fused-ring (bicyclic) bond motifs is 1. The van der Waals surface area contributed by atoms with E-state index < -0.39 is 0 Å². The van der Waals surface area contributed by atoms with Crippen molar-refractivity contribution in [2.75, 3.05) is 6.54 Å². The summed E-state index contributed by atoms with van der Waals surface area (Å²) >= 11 is 0. The Kier molecular flexibility index (Phi) is 2.86. The fraction of sp³-hybridized carbons (Fsp3) is 0.250. The molecule has 1 aliphatic rings. The van der Waals surface area contributed by atoms with Crippen LogP contribution in [0.5, 0.6) is 5.75 Å². The van der Waals surface area contributed by atoms with Gasteiger partial charge in [0.15, 0.2) is 5.65 Å². The molecule has 1 aromatic carbocycles. The Balaban J connectivity index is 1.97. The van der Waals surface area contributed by atoms with Crippen LogP contribution in [0.3, 0.4) is 0 Å². The number of phenols is 1. The molecule has 2 aromatic heterocycles. The average Bonchev–Trinajstić information content (AvgIpc) is 3.14. The first-order valence-corrected chi connectivity index (χ1v) is 7.19. The molecule has 21 heavy (non-hydrogen) atoms. The van der Waals surface area contributed by atoms with Crippen molar-refractivity contribution in [1.82, 2.24) is 19.9 Å². The van der Waals surface area contributed by atoms with E-state index in [4.69, 9.17) is 4.98 Å². The number of aromatic hydroxyl groups is 1. The zero-order valence-corrected chi connectivity index (χ0v) is 11.5. The summed E-state index contributed by atoms with van der Waals surface area (Å²) in [6.45, 7) is 1.01. The molecule has 4 rings (SSSR count). The first kappa shape index (κ1) is 12.3. The second kappa shape index (κ2) is 4.86. The first-order chi connectivity index (χ1) is 10.3. The van der Waals surface area contributed by atoms with Crippen molar-refractivity contribution in [3.8, 4) is 17.1 Å². The fourth-order valence-electron chi connectivity index (χ4n) is 2.96. The maximum atomic E-state index is 9.74. The molecule has 5 nitrogen and oxygen atoms in total. The van der Waals surface area contributed by atoms with E-state index in [-0.39, 0.29) is 11.9 Å². The molecular weight excluding hydrogens is 264 g/mol. The quantitative estimate of drug-likeness (QED) is 0.757. The minimum atomic E-state index is 0.210. The van der Waals surface area contributed by atoms with Crippen molar-refractivity contribution in [2.45, 2.75) is 19.0 Å². The summed E-state index contributed by atoms with van der Waals surface area (Å²) in [5, 5.41) is 13.2. The molecule has 1 fully saturated rings. The molecule has 2 N–H and O–H groups in total. The van der Waals surface area contributed by atoms with Crippen LogP contribution in [0.1, 0.15) is 19.0 Å². The smallest absolute Gasteiger partial charge is 0.161 e. The number of phenolic OH excluding ortho intramolecular Hbond substituents is 1. The van der Waals surface area contributed by atoms with Gasteiger partial charge in [0.2, 0.25) is 0 Å². The van der Waals surface area contributed by atoms with E-state index in [9.17, 15) is 5.11 Å². The normalized spacial score (nSPS) is 18.4. The molecule has 5 heteroatoms. The first-order valence-electron chi connectivity index (χ1n) is 7.19. The van der Waals surface area contributed by atoms with Gasteiger partial charge in [0.1, 0.15) is 17.1 Å². The summed E-state index contributed by atoms with van der Waals surface area (Å²) < 4.78 is 2.15. The van der Waals surface area contributed by atoms with Crippen LogP contribution in [0, 0.1) is 0 Å². The van der Waals surface area contributed by atoms with Crippen molar-refractivity contribution in [3.05, 3.63) is 42.6 Å². The van der Waals surface area contributed by atoms with Gasteiger partial charge < -0.3 is 5.11 Å². The maximum absolute atomic E-state index is 9.74. The number of nitrogens with one attached hydrogen (secondary N) is 1. The van der Waals surface area contributed by atoms with Crippen LogP contribution in [-0.2, 0) is 0 Å². The lowest BCUT2D eigenvalue weighted by atomic mass is 10.2. The van der Waals surface area contributed by atoms with Gasteiger partial charge in [-0.2, -0.15) is 0 Å². The highest BCUT2D eigenvalue weighted by Gasteiger charge is 2.23. The lowest BCUT2D eigenvalue weighted by Gasteiger charge is -2.16. The summed E-state index contributed by atoms with van der Waals surface area (Å²) in [6, 6.07) is 11.1. The number of benzene rings is 1. The fourth-order valence-corrected chi connectivity index (χ4v) is 2.96. The van der Waals surface area contributed by atoms with Gasteiger partial charge in [0.05, 0.1) is 6.17 Å². The second-order valence-electron chi connectivity index (χ2n) is 5.31. The van der Waals surface area contributed by atoms with Crippen LogP contribution >= 0.6 is 0 Å². The Morgan fingerprint density at radius 2 is 2.19 bits per heavy atom. The second-order valence-corrected chi connectivity index (χ2v) is 5.31. The highest BCUT2D eigenvalue weighted by molar-refractivity contribution is 5.77. The molecule has 1 aliphatic heterocycles. The Morgan fingerprint density at radius 1 is 1.24 bits per heavy atom. The Hall–Kier alpha value is -2.40. The van der Waals surface area contributed by atoms with Crippen LogP contribution < -0.4 is 5.32 Å². The van der Waals surface area contributed by atoms with Crippen LogP contribution in [0.4, 0.5) is 0 Å². The third-order valence-corrected chi connectivity index (χ3v) is 3.90.